The van der Waals surface area contributed by atoms with Crippen LogP contribution in [0.3, 0.4) is 0 Å². The van der Waals surface area contributed by atoms with Gasteiger partial charge in [0.05, 0.1) is 15.1 Å². The molecule has 0 aliphatic heterocycles. The Kier molecular flexibility index (Phi) is 3.92. The Balaban J connectivity index is 1.72. The third-order valence-corrected chi connectivity index (χ3v) is 9.16. The van der Waals surface area contributed by atoms with Crippen LogP contribution in [0.4, 0.5) is 0 Å². The normalized spacial score (nSPS) is 12.7. The first-order valence-corrected chi connectivity index (χ1v) is 12.6. The van der Waals surface area contributed by atoms with Crippen LogP contribution in [0.15, 0.2) is 54.0 Å². The Bertz CT molecular complexity index is 1590. The highest BCUT2D eigenvalue weighted by Gasteiger charge is 2.21. The van der Waals surface area contributed by atoms with Crippen molar-refractivity contribution in [2.45, 2.75) is 33.1 Å². The van der Waals surface area contributed by atoms with Gasteiger partial charge in [-0.1, -0.05) is 32.9 Å². The van der Waals surface area contributed by atoms with E-state index in [0.717, 1.165) is 5.69 Å². The number of thiophene rings is 3. The summed E-state index contributed by atoms with van der Waals surface area (Å²) in [7, 11) is 0. The molecule has 0 aliphatic carbocycles. The monoisotopic (exact) mass is 443 g/mol. The molecule has 4 aromatic heterocycles. The van der Waals surface area contributed by atoms with Gasteiger partial charge in [-0.3, -0.25) is 4.98 Å². The highest BCUT2D eigenvalue weighted by Crippen LogP contribution is 2.45. The molecule has 0 bridgehead atoms. The summed E-state index contributed by atoms with van der Waals surface area (Å²) in [5.41, 5.74) is 3.81. The number of rotatable bonds is 1. The number of aryl methyl sites for hydroxylation is 1. The number of fused-ring (bicyclic) bond motifs is 6. The summed E-state index contributed by atoms with van der Waals surface area (Å²) in [5, 5.41) is 7.49. The smallest absolute Gasteiger partial charge is 0.0795 e. The van der Waals surface area contributed by atoms with Crippen molar-refractivity contribution in [2.24, 2.45) is 0 Å². The highest BCUT2D eigenvalue weighted by atomic mass is 32.1. The van der Waals surface area contributed by atoms with Crippen molar-refractivity contribution in [3.63, 3.8) is 0 Å². The number of hydrogen-bond donors (Lipinski definition) is 0. The summed E-state index contributed by atoms with van der Waals surface area (Å²) in [6.07, 6.45) is 1.97. The molecule has 0 spiro atoms. The molecule has 4 heteroatoms. The fourth-order valence-corrected chi connectivity index (χ4v) is 7.86. The number of pyridine rings is 1. The minimum absolute atomic E-state index is 0.0877. The Hall–Kier alpha value is -2.27. The van der Waals surface area contributed by atoms with Gasteiger partial charge in [-0.2, -0.15) is 0 Å². The SMILES string of the molecule is Cc1cc2ccc3c(sc4ccnc(-c5cc(C(C)(C)C)c6sccc6c5)c43)c2s1. The van der Waals surface area contributed by atoms with Crippen LogP contribution in [0.2, 0.25) is 0 Å². The van der Waals surface area contributed by atoms with Gasteiger partial charge in [-0.15, -0.1) is 34.0 Å². The van der Waals surface area contributed by atoms with Gasteiger partial charge in [0.1, 0.15) is 0 Å². The van der Waals surface area contributed by atoms with Crippen LogP contribution in [0.1, 0.15) is 31.2 Å². The van der Waals surface area contributed by atoms with Crippen molar-refractivity contribution in [1.29, 1.82) is 0 Å². The predicted molar refractivity (Wildman–Crippen MR) is 137 cm³/mol. The molecule has 6 aromatic rings. The second-order valence-electron chi connectivity index (χ2n) is 8.97. The third kappa shape index (κ3) is 2.67. The van der Waals surface area contributed by atoms with Crippen molar-refractivity contribution in [2.75, 3.05) is 0 Å². The molecule has 30 heavy (non-hydrogen) atoms. The molecule has 1 nitrogen and oxygen atoms in total. The molecule has 0 radical (unpaired) electrons. The van der Waals surface area contributed by atoms with Crippen LogP contribution in [-0.4, -0.2) is 4.98 Å². The van der Waals surface area contributed by atoms with E-state index >= 15 is 0 Å². The first-order chi connectivity index (χ1) is 14.4. The van der Waals surface area contributed by atoms with Crippen LogP contribution >= 0.6 is 34.0 Å². The van der Waals surface area contributed by atoms with Gasteiger partial charge < -0.3 is 0 Å². The second-order valence-corrected chi connectivity index (χ2v) is 12.2. The van der Waals surface area contributed by atoms with E-state index in [0.29, 0.717) is 0 Å². The van der Waals surface area contributed by atoms with E-state index in [2.05, 4.69) is 75.5 Å². The maximum absolute atomic E-state index is 4.91. The number of benzene rings is 2. The maximum atomic E-state index is 4.91. The lowest BCUT2D eigenvalue weighted by Gasteiger charge is -2.21. The predicted octanol–water partition coefficient (Wildman–Crippen LogP) is 9.15. The van der Waals surface area contributed by atoms with Crippen molar-refractivity contribution in [3.8, 4) is 11.3 Å². The van der Waals surface area contributed by atoms with Gasteiger partial charge in [0.25, 0.3) is 0 Å². The zero-order chi connectivity index (χ0) is 20.6. The van der Waals surface area contributed by atoms with Crippen molar-refractivity contribution < 1.29 is 0 Å². The summed E-state index contributed by atoms with van der Waals surface area (Å²) in [5.74, 6) is 0. The van der Waals surface area contributed by atoms with Gasteiger partial charge >= 0.3 is 0 Å². The van der Waals surface area contributed by atoms with Crippen molar-refractivity contribution >= 4 is 74.4 Å². The molecule has 6 rings (SSSR count). The van der Waals surface area contributed by atoms with Gasteiger partial charge in [-0.05, 0) is 64.4 Å². The van der Waals surface area contributed by atoms with Crippen LogP contribution < -0.4 is 0 Å². The lowest BCUT2D eigenvalue weighted by molar-refractivity contribution is 0.597. The first-order valence-electron chi connectivity index (χ1n) is 10.1. The molecular weight excluding hydrogens is 422 g/mol. The molecule has 0 fully saturated rings. The van der Waals surface area contributed by atoms with Crippen molar-refractivity contribution in [1.82, 2.24) is 4.98 Å². The van der Waals surface area contributed by atoms with Crippen LogP contribution in [0.5, 0.6) is 0 Å². The van der Waals surface area contributed by atoms with E-state index in [4.69, 9.17) is 4.98 Å². The molecule has 0 N–H and O–H groups in total. The summed E-state index contributed by atoms with van der Waals surface area (Å²) in [6.45, 7) is 9.10. The topological polar surface area (TPSA) is 12.9 Å². The molecule has 0 unspecified atom stereocenters. The summed E-state index contributed by atoms with van der Waals surface area (Å²) in [4.78, 5) is 6.28. The molecule has 4 heterocycles. The van der Waals surface area contributed by atoms with Gasteiger partial charge in [-0.25, -0.2) is 0 Å². The zero-order valence-electron chi connectivity index (χ0n) is 17.4. The third-order valence-electron chi connectivity index (χ3n) is 5.79. The number of aromatic nitrogens is 1. The molecule has 0 aliphatic rings. The Labute approximate surface area is 187 Å². The van der Waals surface area contributed by atoms with Crippen molar-refractivity contribution in [3.05, 3.63) is 64.5 Å². The standard InChI is InChI=1S/C26H21NS3/c1-14-11-15-5-6-18-21-20(30-25(18)24(15)29-14)7-9-27-22(21)17-12-16-8-10-28-23(16)19(13-17)26(2,3)4/h5-13H,1-4H3. The Morgan fingerprint density at radius 1 is 0.833 bits per heavy atom. The molecular formula is C26H21NS3. The Morgan fingerprint density at radius 3 is 2.50 bits per heavy atom. The summed E-state index contributed by atoms with van der Waals surface area (Å²) < 4.78 is 5.50. The largest absolute Gasteiger partial charge is 0.256 e. The molecule has 148 valence electrons. The maximum Gasteiger partial charge on any atom is 0.0795 e. The molecule has 0 saturated heterocycles. The minimum Gasteiger partial charge on any atom is -0.256 e. The average molecular weight is 444 g/mol. The fourth-order valence-electron chi connectivity index (χ4n) is 4.40. The fraction of sp³-hybridized carbons (Fsp3) is 0.192. The zero-order valence-corrected chi connectivity index (χ0v) is 19.8. The van der Waals surface area contributed by atoms with E-state index in [-0.39, 0.29) is 5.41 Å². The van der Waals surface area contributed by atoms with E-state index in [9.17, 15) is 0 Å². The molecule has 0 amide bonds. The Morgan fingerprint density at radius 2 is 1.67 bits per heavy atom. The van der Waals surface area contributed by atoms with Gasteiger partial charge in [0, 0.05) is 36.8 Å². The molecule has 0 saturated carbocycles. The van der Waals surface area contributed by atoms with Gasteiger partial charge in [0.15, 0.2) is 0 Å². The molecule has 0 atom stereocenters. The van der Waals surface area contributed by atoms with E-state index < -0.39 is 0 Å². The first kappa shape index (κ1) is 18.5. The minimum atomic E-state index is 0.0877. The second kappa shape index (κ2) is 6.36. The van der Waals surface area contributed by atoms with Crippen LogP contribution in [-0.2, 0) is 5.41 Å². The van der Waals surface area contributed by atoms with E-state index in [1.807, 2.05) is 40.2 Å². The lowest BCUT2D eigenvalue weighted by atomic mass is 9.85. The highest BCUT2D eigenvalue weighted by molar-refractivity contribution is 7.31. The van der Waals surface area contributed by atoms with Crippen LogP contribution in [0.25, 0.3) is 51.6 Å². The lowest BCUT2D eigenvalue weighted by Crippen LogP contribution is -2.11. The molecule has 2 aromatic carbocycles. The van der Waals surface area contributed by atoms with Crippen LogP contribution in [0, 0.1) is 6.92 Å². The van der Waals surface area contributed by atoms with E-state index in [1.54, 1.807) is 0 Å². The average Bonchev–Trinajstić information content (AvgIpc) is 3.40. The van der Waals surface area contributed by atoms with E-state index in [1.165, 1.54) is 56.3 Å². The number of nitrogens with zero attached hydrogens (tertiary/aromatic N) is 1. The quantitative estimate of drug-likeness (QED) is 0.247. The van der Waals surface area contributed by atoms with Gasteiger partial charge in [0.2, 0.25) is 0 Å². The summed E-state index contributed by atoms with van der Waals surface area (Å²) >= 11 is 5.64. The number of hydrogen-bond acceptors (Lipinski definition) is 4. The summed E-state index contributed by atoms with van der Waals surface area (Å²) in [6, 6.07) is 16.0.